The molecule has 4 aromatic heterocycles. The molecule has 14 heteroatoms. The van der Waals surface area contributed by atoms with Gasteiger partial charge in [0.2, 0.25) is 0 Å². The Morgan fingerprint density at radius 1 is 0.250 bits per heavy atom. The Kier molecular flexibility index (Phi) is 38.8. The van der Waals surface area contributed by atoms with Crippen LogP contribution in [0.1, 0.15) is 307 Å². The van der Waals surface area contributed by atoms with Crippen molar-refractivity contribution in [3.05, 3.63) is 47.6 Å². The van der Waals surface area contributed by atoms with Crippen LogP contribution in [-0.4, -0.2) is 82.9 Å². The van der Waals surface area contributed by atoms with Crippen LogP contribution in [0.2, 0.25) is 0 Å². The van der Waals surface area contributed by atoms with Gasteiger partial charge in [-0.3, -0.25) is 28.5 Å². The van der Waals surface area contributed by atoms with Crippen LogP contribution in [0.5, 0.6) is 0 Å². The molecule has 0 radical (unpaired) electrons. The summed E-state index contributed by atoms with van der Waals surface area (Å²) in [5.41, 5.74) is 4.00. The number of aromatic nitrogens is 12. The number of rotatable bonds is 55. The molecule has 0 bridgehead atoms. The van der Waals surface area contributed by atoms with Gasteiger partial charge < -0.3 is 0 Å². The summed E-state index contributed by atoms with van der Waals surface area (Å²) in [6.45, 7) is 17.3. The van der Waals surface area contributed by atoms with E-state index in [9.17, 15) is 0 Å². The monoisotopic (exact) mass is 1060 g/mol. The molecule has 434 valence electrons. The van der Waals surface area contributed by atoms with Gasteiger partial charge in [0.15, 0.2) is 0 Å². The van der Waals surface area contributed by atoms with Crippen LogP contribution < -0.4 is 0 Å². The summed E-state index contributed by atoms with van der Waals surface area (Å²) in [6.07, 6.45) is 61.9. The highest BCUT2D eigenvalue weighted by molar-refractivity contribution is 4.99. The third-order valence-electron chi connectivity index (χ3n) is 15.6. The maximum atomic E-state index is 4.72. The van der Waals surface area contributed by atoms with Crippen molar-refractivity contribution in [3.8, 4) is 0 Å². The molecule has 76 heavy (non-hydrogen) atoms. The van der Waals surface area contributed by atoms with Crippen LogP contribution in [0.25, 0.3) is 0 Å². The molecule has 0 aromatic carbocycles. The van der Waals surface area contributed by atoms with E-state index in [-0.39, 0.29) is 0 Å². The lowest BCUT2D eigenvalue weighted by molar-refractivity contribution is 0.177. The lowest BCUT2D eigenvalue weighted by Crippen LogP contribution is -2.34. The van der Waals surface area contributed by atoms with Crippen LogP contribution in [0.15, 0.2) is 24.8 Å². The molecule has 0 N–H and O–H groups in total. The first-order chi connectivity index (χ1) is 37.6. The van der Waals surface area contributed by atoms with Crippen LogP contribution in [0.3, 0.4) is 0 Å². The van der Waals surface area contributed by atoms with Gasteiger partial charge in [0.25, 0.3) is 0 Å². The summed E-state index contributed by atoms with van der Waals surface area (Å²) in [5, 5.41) is 37.3. The second-order valence-corrected chi connectivity index (χ2v) is 23.0. The average Bonchev–Trinajstić information content (AvgIpc) is 4.27. The summed E-state index contributed by atoms with van der Waals surface area (Å²) in [5.74, 6) is 0. The molecule has 0 fully saturated rings. The highest BCUT2D eigenvalue weighted by Crippen LogP contribution is 2.17. The van der Waals surface area contributed by atoms with Crippen molar-refractivity contribution in [2.45, 2.75) is 337 Å². The van der Waals surface area contributed by atoms with Gasteiger partial charge in [0.05, 0.1) is 22.8 Å². The minimum Gasteiger partial charge on any atom is -0.290 e. The standard InChI is InChI=1S/C62H116N14/c1-5-9-13-17-21-25-29-33-37-41-45-73-55-59(63-67-73)51-71(52-60-56-74(68-64-60)46-42-38-34-30-26-22-18-14-10-6-2)49-50-72(53-61-57-75(69-65-61)47-43-39-35-31-27-23-19-15-11-7-3)54-62-58-76(70-66-62)48-44-40-36-32-28-24-20-16-12-8-4/h55-58H,5-54H2,1-4H3. The number of nitrogens with zero attached hydrogens (tertiary/aromatic N) is 14. The molecule has 0 aliphatic carbocycles. The summed E-state index contributed by atoms with van der Waals surface area (Å²) in [7, 11) is 0. The van der Waals surface area contributed by atoms with E-state index in [1.165, 1.54) is 231 Å². The topological polar surface area (TPSA) is 129 Å². The van der Waals surface area contributed by atoms with E-state index in [1.54, 1.807) is 0 Å². The molecule has 0 aliphatic rings. The fraction of sp³-hybridized carbons (Fsp3) is 0.871. The maximum absolute atomic E-state index is 4.72. The zero-order valence-electron chi connectivity index (χ0n) is 49.9. The number of aryl methyl sites for hydroxylation is 4. The molecule has 4 aromatic rings. The molecule has 0 spiro atoms. The minimum absolute atomic E-state index is 0.696. The lowest BCUT2D eigenvalue weighted by Gasteiger charge is -2.25. The quantitative estimate of drug-likeness (QED) is 0.0394. The predicted octanol–water partition coefficient (Wildman–Crippen LogP) is 16.4. The Hall–Kier alpha value is -3.52. The summed E-state index contributed by atoms with van der Waals surface area (Å²) < 4.78 is 8.24. The molecule has 14 nitrogen and oxygen atoms in total. The van der Waals surface area contributed by atoms with Crippen molar-refractivity contribution in [1.82, 2.24) is 69.8 Å². The Morgan fingerprint density at radius 2 is 0.421 bits per heavy atom. The maximum Gasteiger partial charge on any atom is 0.0967 e. The first kappa shape index (κ1) is 65.0. The first-order valence-corrected chi connectivity index (χ1v) is 32.6. The van der Waals surface area contributed by atoms with Crippen molar-refractivity contribution < 1.29 is 0 Å². The fourth-order valence-corrected chi connectivity index (χ4v) is 10.8. The predicted molar refractivity (Wildman–Crippen MR) is 316 cm³/mol. The van der Waals surface area contributed by atoms with E-state index in [0.29, 0.717) is 26.2 Å². The van der Waals surface area contributed by atoms with E-state index < -0.39 is 0 Å². The van der Waals surface area contributed by atoms with Crippen LogP contribution in [0, 0.1) is 0 Å². The highest BCUT2D eigenvalue weighted by atomic mass is 15.4. The zero-order chi connectivity index (χ0) is 53.6. The molecule has 0 saturated heterocycles. The van der Waals surface area contributed by atoms with E-state index in [0.717, 1.165) is 87.7 Å². The molecule has 0 unspecified atom stereocenters. The molecule has 4 heterocycles. The molecule has 0 saturated carbocycles. The third kappa shape index (κ3) is 33.0. The van der Waals surface area contributed by atoms with E-state index >= 15 is 0 Å². The smallest absolute Gasteiger partial charge is 0.0967 e. The van der Waals surface area contributed by atoms with E-state index in [1.807, 2.05) is 0 Å². The average molecular weight is 1060 g/mol. The van der Waals surface area contributed by atoms with Crippen molar-refractivity contribution in [2.75, 3.05) is 13.1 Å². The second kappa shape index (κ2) is 45.4. The largest absolute Gasteiger partial charge is 0.290 e. The van der Waals surface area contributed by atoms with Gasteiger partial charge in [-0.25, -0.2) is 0 Å². The van der Waals surface area contributed by atoms with Crippen molar-refractivity contribution in [2.24, 2.45) is 0 Å². The number of unbranched alkanes of at least 4 members (excludes halogenated alkanes) is 36. The SMILES string of the molecule is CCCCCCCCCCCCn1cc(CN(CCN(Cc2cn(CCCCCCCCCCCC)nn2)Cc2cn(CCCCCCCCCCCC)nn2)Cc2cn(CCCCCCCCCCCC)nn2)nn1. The Balaban J connectivity index is 1.36. The number of hydrogen-bond donors (Lipinski definition) is 0. The van der Waals surface area contributed by atoms with Gasteiger partial charge in [-0.1, -0.05) is 280 Å². The van der Waals surface area contributed by atoms with Crippen molar-refractivity contribution >= 4 is 0 Å². The van der Waals surface area contributed by atoms with Crippen molar-refractivity contribution in [3.63, 3.8) is 0 Å². The normalized spacial score (nSPS) is 11.9. The Labute approximate surface area is 465 Å². The third-order valence-corrected chi connectivity index (χ3v) is 15.6. The lowest BCUT2D eigenvalue weighted by atomic mass is 10.1. The van der Waals surface area contributed by atoms with Crippen molar-refractivity contribution in [1.29, 1.82) is 0 Å². The van der Waals surface area contributed by atoms with E-state index in [2.05, 4.69) is 102 Å². The van der Waals surface area contributed by atoms with Crippen LogP contribution >= 0.6 is 0 Å². The molecule has 0 atom stereocenters. The fourth-order valence-electron chi connectivity index (χ4n) is 10.8. The van der Waals surface area contributed by atoms with E-state index in [4.69, 9.17) is 20.4 Å². The van der Waals surface area contributed by atoms with Crippen LogP contribution in [0.4, 0.5) is 0 Å². The molecule has 0 aliphatic heterocycles. The molecular formula is C62H116N14. The summed E-state index contributed by atoms with van der Waals surface area (Å²) in [6, 6.07) is 0. The Bertz CT molecular complexity index is 1600. The van der Waals surface area contributed by atoms with Gasteiger partial charge >= 0.3 is 0 Å². The second-order valence-electron chi connectivity index (χ2n) is 23.0. The molecule has 4 rings (SSSR count). The number of hydrogen-bond acceptors (Lipinski definition) is 10. The van der Waals surface area contributed by atoms with Gasteiger partial charge in [-0.2, -0.15) is 0 Å². The zero-order valence-corrected chi connectivity index (χ0v) is 49.9. The van der Waals surface area contributed by atoms with Gasteiger partial charge in [-0.15, -0.1) is 20.4 Å². The summed E-state index contributed by atoms with van der Waals surface area (Å²) in [4.78, 5) is 4.95. The minimum atomic E-state index is 0.696. The molecular weight excluding hydrogens is 941 g/mol. The van der Waals surface area contributed by atoms with Gasteiger partial charge in [-0.05, 0) is 25.7 Å². The van der Waals surface area contributed by atoms with Gasteiger partial charge in [0, 0.05) is 90.2 Å². The van der Waals surface area contributed by atoms with Gasteiger partial charge in [0.1, 0.15) is 0 Å². The molecule has 0 amide bonds. The summed E-state index contributed by atoms with van der Waals surface area (Å²) >= 11 is 0. The Morgan fingerprint density at radius 3 is 0.605 bits per heavy atom. The first-order valence-electron chi connectivity index (χ1n) is 32.6. The highest BCUT2D eigenvalue weighted by Gasteiger charge is 2.18. The van der Waals surface area contributed by atoms with Crippen LogP contribution in [-0.2, 0) is 52.4 Å².